The van der Waals surface area contributed by atoms with Gasteiger partial charge in [-0.15, -0.1) is 0 Å². The Morgan fingerprint density at radius 1 is 1.19 bits per heavy atom. The SMILES string of the molecule is Cc1ccccc1OCc1ccc(C=Nc2cnn(C)c2C(=O)NCc2ccco2)o1. The molecule has 0 saturated heterocycles. The molecule has 1 aromatic carbocycles. The second-order valence-corrected chi connectivity index (χ2v) is 6.88. The molecule has 8 nitrogen and oxygen atoms in total. The normalized spacial score (nSPS) is 11.2. The molecule has 158 valence electrons. The van der Waals surface area contributed by atoms with Crippen LogP contribution in [0.4, 0.5) is 5.69 Å². The quantitative estimate of drug-likeness (QED) is 0.433. The molecule has 4 rings (SSSR count). The van der Waals surface area contributed by atoms with Crippen molar-refractivity contribution in [2.45, 2.75) is 20.1 Å². The van der Waals surface area contributed by atoms with Gasteiger partial charge in [-0.05, 0) is 42.8 Å². The fourth-order valence-corrected chi connectivity index (χ4v) is 2.99. The molecule has 4 aromatic rings. The second kappa shape index (κ2) is 9.17. The molecule has 0 aliphatic rings. The standard InChI is InChI=1S/C23H22N4O4/c1-16-6-3-4-8-21(16)30-15-19-10-9-18(31-19)13-24-20-14-26-27(2)22(20)23(28)25-12-17-7-5-11-29-17/h3-11,13-14H,12,15H2,1-2H3,(H,25,28). The van der Waals surface area contributed by atoms with Crippen molar-refractivity contribution >= 4 is 17.8 Å². The molecule has 1 amide bonds. The number of rotatable bonds is 8. The predicted octanol–water partition coefficient (Wildman–Crippen LogP) is 4.17. The molecule has 0 aliphatic heterocycles. The molecule has 0 bridgehead atoms. The number of hydrogen-bond donors (Lipinski definition) is 1. The van der Waals surface area contributed by atoms with Crippen molar-refractivity contribution in [1.82, 2.24) is 15.1 Å². The van der Waals surface area contributed by atoms with E-state index in [0.29, 0.717) is 35.3 Å². The Morgan fingerprint density at radius 3 is 2.87 bits per heavy atom. The molecule has 0 saturated carbocycles. The maximum Gasteiger partial charge on any atom is 0.272 e. The number of nitrogens with zero attached hydrogens (tertiary/aromatic N) is 3. The average Bonchev–Trinajstić information content (AvgIpc) is 3.51. The fourth-order valence-electron chi connectivity index (χ4n) is 2.99. The molecule has 3 heterocycles. The van der Waals surface area contributed by atoms with E-state index in [4.69, 9.17) is 13.6 Å². The Balaban J connectivity index is 1.40. The summed E-state index contributed by atoms with van der Waals surface area (Å²) in [7, 11) is 1.69. The highest BCUT2D eigenvalue weighted by molar-refractivity contribution is 5.98. The number of benzene rings is 1. The molecule has 8 heteroatoms. The van der Waals surface area contributed by atoms with Crippen molar-refractivity contribution in [2.75, 3.05) is 0 Å². The molecule has 0 spiro atoms. The number of aromatic nitrogens is 2. The maximum atomic E-state index is 12.6. The van der Waals surface area contributed by atoms with Crippen LogP contribution < -0.4 is 10.1 Å². The van der Waals surface area contributed by atoms with E-state index in [0.717, 1.165) is 11.3 Å². The molecule has 0 radical (unpaired) electrons. The Labute approximate surface area is 179 Å². The minimum Gasteiger partial charge on any atom is -0.485 e. The minimum atomic E-state index is -0.296. The average molecular weight is 418 g/mol. The van der Waals surface area contributed by atoms with Crippen LogP contribution in [0.5, 0.6) is 5.75 Å². The Hall–Kier alpha value is -4.07. The van der Waals surface area contributed by atoms with Crippen molar-refractivity contribution in [3.63, 3.8) is 0 Å². The first-order valence-electron chi connectivity index (χ1n) is 9.74. The number of nitrogens with one attached hydrogen (secondary N) is 1. The van der Waals surface area contributed by atoms with Gasteiger partial charge in [0.15, 0.2) is 5.69 Å². The van der Waals surface area contributed by atoms with Crippen LogP contribution in [0.1, 0.15) is 33.3 Å². The van der Waals surface area contributed by atoms with Gasteiger partial charge in [-0.2, -0.15) is 5.10 Å². The van der Waals surface area contributed by atoms with Crippen LogP contribution in [0.2, 0.25) is 0 Å². The maximum absolute atomic E-state index is 12.6. The van der Waals surface area contributed by atoms with Gasteiger partial charge in [-0.3, -0.25) is 9.48 Å². The number of carbonyl (C=O) groups is 1. The van der Waals surface area contributed by atoms with Crippen LogP contribution in [0.3, 0.4) is 0 Å². The largest absolute Gasteiger partial charge is 0.485 e. The number of ether oxygens (including phenoxy) is 1. The third-order valence-corrected chi connectivity index (χ3v) is 4.61. The lowest BCUT2D eigenvalue weighted by Crippen LogP contribution is -2.25. The molecule has 0 aliphatic carbocycles. The summed E-state index contributed by atoms with van der Waals surface area (Å²) in [5, 5.41) is 6.94. The molecule has 3 aromatic heterocycles. The van der Waals surface area contributed by atoms with E-state index in [1.807, 2.05) is 37.3 Å². The number of aryl methyl sites for hydroxylation is 2. The molecule has 31 heavy (non-hydrogen) atoms. The van der Waals surface area contributed by atoms with Gasteiger partial charge in [0, 0.05) is 7.05 Å². The smallest absolute Gasteiger partial charge is 0.272 e. The lowest BCUT2D eigenvalue weighted by atomic mass is 10.2. The first-order chi connectivity index (χ1) is 15.1. The lowest BCUT2D eigenvalue weighted by Gasteiger charge is -2.06. The molecule has 0 fully saturated rings. The summed E-state index contributed by atoms with van der Waals surface area (Å²) in [5.74, 6) is 2.41. The van der Waals surface area contributed by atoms with Crippen molar-refractivity contribution in [1.29, 1.82) is 0 Å². The van der Waals surface area contributed by atoms with Crippen LogP contribution in [0.25, 0.3) is 0 Å². The topological polar surface area (TPSA) is 94.8 Å². The Morgan fingerprint density at radius 2 is 2.06 bits per heavy atom. The third kappa shape index (κ3) is 4.92. The zero-order chi connectivity index (χ0) is 21.6. The van der Waals surface area contributed by atoms with Crippen LogP contribution in [0, 0.1) is 6.92 Å². The number of amides is 1. The van der Waals surface area contributed by atoms with Gasteiger partial charge in [0.2, 0.25) is 0 Å². The van der Waals surface area contributed by atoms with Gasteiger partial charge in [0.05, 0.1) is 25.2 Å². The Kier molecular flexibility index (Phi) is 5.98. The van der Waals surface area contributed by atoms with Crippen molar-refractivity contribution < 1.29 is 18.4 Å². The first-order valence-corrected chi connectivity index (χ1v) is 9.74. The van der Waals surface area contributed by atoms with Crippen LogP contribution in [-0.2, 0) is 20.2 Å². The number of furan rings is 2. The monoisotopic (exact) mass is 418 g/mol. The van der Waals surface area contributed by atoms with Crippen molar-refractivity contribution in [2.24, 2.45) is 12.0 Å². The molecular formula is C23H22N4O4. The summed E-state index contributed by atoms with van der Waals surface area (Å²) in [6.07, 6.45) is 4.64. The van der Waals surface area contributed by atoms with Crippen LogP contribution in [-0.4, -0.2) is 21.9 Å². The van der Waals surface area contributed by atoms with Gasteiger partial charge in [0.25, 0.3) is 5.91 Å². The van der Waals surface area contributed by atoms with Gasteiger partial charge < -0.3 is 18.9 Å². The first kappa shape index (κ1) is 20.2. The molecule has 1 N–H and O–H groups in total. The zero-order valence-electron chi connectivity index (χ0n) is 17.2. The van der Waals surface area contributed by atoms with E-state index < -0.39 is 0 Å². The van der Waals surface area contributed by atoms with Crippen LogP contribution >= 0.6 is 0 Å². The van der Waals surface area contributed by atoms with Crippen LogP contribution in [0.15, 0.2) is 74.8 Å². The van der Waals surface area contributed by atoms with E-state index >= 15 is 0 Å². The number of aliphatic imine (C=N–C) groups is 1. The number of carbonyl (C=O) groups excluding carboxylic acids is 1. The molecule has 0 unspecified atom stereocenters. The highest BCUT2D eigenvalue weighted by Crippen LogP contribution is 2.20. The van der Waals surface area contributed by atoms with E-state index in [2.05, 4.69) is 15.4 Å². The highest BCUT2D eigenvalue weighted by Gasteiger charge is 2.16. The van der Waals surface area contributed by atoms with E-state index in [-0.39, 0.29) is 12.5 Å². The zero-order valence-corrected chi connectivity index (χ0v) is 17.2. The molecular weight excluding hydrogens is 396 g/mol. The van der Waals surface area contributed by atoms with Crippen molar-refractivity contribution in [3.05, 3.63) is 89.5 Å². The molecule has 0 atom stereocenters. The minimum absolute atomic E-state index is 0.280. The predicted molar refractivity (Wildman–Crippen MR) is 115 cm³/mol. The second-order valence-electron chi connectivity index (χ2n) is 6.88. The summed E-state index contributed by atoms with van der Waals surface area (Å²) >= 11 is 0. The summed E-state index contributed by atoms with van der Waals surface area (Å²) in [4.78, 5) is 17.0. The van der Waals surface area contributed by atoms with E-state index in [9.17, 15) is 4.79 Å². The summed E-state index contributed by atoms with van der Waals surface area (Å²) in [6, 6.07) is 15.0. The number of para-hydroxylation sites is 1. The van der Waals surface area contributed by atoms with E-state index in [1.54, 1.807) is 37.7 Å². The number of hydrogen-bond acceptors (Lipinski definition) is 6. The summed E-state index contributed by atoms with van der Waals surface area (Å²) in [5.41, 5.74) is 1.84. The van der Waals surface area contributed by atoms with Gasteiger partial charge >= 0.3 is 0 Å². The van der Waals surface area contributed by atoms with Gasteiger partial charge in [-0.1, -0.05) is 18.2 Å². The summed E-state index contributed by atoms with van der Waals surface area (Å²) in [6.45, 7) is 2.58. The van der Waals surface area contributed by atoms with Crippen molar-refractivity contribution in [3.8, 4) is 5.75 Å². The third-order valence-electron chi connectivity index (χ3n) is 4.61. The van der Waals surface area contributed by atoms with E-state index in [1.165, 1.54) is 10.9 Å². The highest BCUT2D eigenvalue weighted by atomic mass is 16.5. The summed E-state index contributed by atoms with van der Waals surface area (Å²) < 4.78 is 18.3. The van der Waals surface area contributed by atoms with Gasteiger partial charge in [0.1, 0.15) is 35.3 Å². The Bertz CT molecular complexity index is 1190. The lowest BCUT2D eigenvalue weighted by molar-refractivity contribution is 0.0939. The van der Waals surface area contributed by atoms with Gasteiger partial charge in [-0.25, -0.2) is 4.99 Å². The fraction of sp³-hybridized carbons (Fsp3) is 0.174.